The zero-order valence-corrected chi connectivity index (χ0v) is 14.3. The average Bonchev–Trinajstić information content (AvgIpc) is 2.35. The number of pyridine rings is 1. The summed E-state index contributed by atoms with van der Waals surface area (Å²) < 4.78 is 8.91. The van der Waals surface area contributed by atoms with Crippen LogP contribution in [0.2, 0.25) is 0 Å². The number of rotatable bonds is 3. The fraction of sp³-hybridized carbons (Fsp3) is 0.615. The second-order valence-electron chi connectivity index (χ2n) is 5.05. The molecule has 1 aliphatic heterocycles. The third-order valence-electron chi connectivity index (χ3n) is 3.31. The number of halogens is 2. The van der Waals surface area contributed by atoms with E-state index in [0.29, 0.717) is 17.1 Å². The lowest BCUT2D eigenvalue weighted by Crippen LogP contribution is -2.47. The summed E-state index contributed by atoms with van der Waals surface area (Å²) in [6.07, 6.45) is 1.88. The van der Waals surface area contributed by atoms with Crippen LogP contribution in [0.4, 0.5) is 0 Å². The van der Waals surface area contributed by atoms with E-state index in [9.17, 15) is 4.79 Å². The van der Waals surface area contributed by atoms with Crippen molar-refractivity contribution in [1.29, 1.82) is 0 Å². The van der Waals surface area contributed by atoms with E-state index in [2.05, 4.69) is 50.6 Å². The van der Waals surface area contributed by atoms with E-state index in [1.54, 1.807) is 10.6 Å². The lowest BCUT2D eigenvalue weighted by atomic mass is 10.2. The van der Waals surface area contributed by atoms with Gasteiger partial charge in [0, 0.05) is 29.8 Å². The van der Waals surface area contributed by atoms with Gasteiger partial charge in [-0.2, -0.15) is 0 Å². The number of hydrogen-bond donors (Lipinski definition) is 0. The Morgan fingerprint density at radius 2 is 2.21 bits per heavy atom. The van der Waals surface area contributed by atoms with E-state index < -0.39 is 0 Å². The molecule has 19 heavy (non-hydrogen) atoms. The molecule has 1 aromatic heterocycles. The summed E-state index contributed by atoms with van der Waals surface area (Å²) in [6.45, 7) is 7.51. The van der Waals surface area contributed by atoms with Gasteiger partial charge in [-0.15, -0.1) is 0 Å². The molecule has 2 rings (SSSR count). The summed E-state index contributed by atoms with van der Waals surface area (Å²) in [4.78, 5) is 14.4. The molecule has 0 aromatic carbocycles. The van der Waals surface area contributed by atoms with E-state index in [1.165, 1.54) is 0 Å². The molecule has 0 saturated carbocycles. The number of morpholine rings is 1. The third kappa shape index (κ3) is 3.90. The largest absolute Gasteiger partial charge is 0.374 e. The standard InChI is InChI=1S/C13H18Br2N2O2/c1-9(2)16-3-4-19-11(7-16)8-17-6-10(14)5-12(15)13(17)18/h5-6,9,11H,3-4,7-8H2,1-2H3. The van der Waals surface area contributed by atoms with Gasteiger partial charge in [0.25, 0.3) is 5.56 Å². The van der Waals surface area contributed by atoms with Crippen LogP contribution >= 0.6 is 31.9 Å². The van der Waals surface area contributed by atoms with Crippen molar-refractivity contribution in [2.24, 2.45) is 0 Å². The monoisotopic (exact) mass is 392 g/mol. The van der Waals surface area contributed by atoms with Crippen LogP contribution < -0.4 is 5.56 Å². The maximum absolute atomic E-state index is 12.0. The second-order valence-corrected chi connectivity index (χ2v) is 6.82. The van der Waals surface area contributed by atoms with Crippen LogP contribution in [0.15, 0.2) is 26.0 Å². The van der Waals surface area contributed by atoms with E-state index in [1.807, 2.05) is 6.20 Å². The first-order chi connectivity index (χ1) is 8.97. The van der Waals surface area contributed by atoms with Crippen LogP contribution in [0.25, 0.3) is 0 Å². The lowest BCUT2D eigenvalue weighted by molar-refractivity contribution is -0.0460. The van der Waals surface area contributed by atoms with Gasteiger partial charge in [-0.05, 0) is 51.8 Å². The summed E-state index contributed by atoms with van der Waals surface area (Å²) in [5.74, 6) is 0. The van der Waals surface area contributed by atoms with Gasteiger partial charge >= 0.3 is 0 Å². The van der Waals surface area contributed by atoms with Crippen LogP contribution in [0.1, 0.15) is 13.8 Å². The summed E-state index contributed by atoms with van der Waals surface area (Å²) in [5.41, 5.74) is -0.0199. The minimum Gasteiger partial charge on any atom is -0.374 e. The fourth-order valence-electron chi connectivity index (χ4n) is 2.24. The predicted molar refractivity (Wildman–Crippen MR) is 82.6 cm³/mol. The van der Waals surface area contributed by atoms with Gasteiger partial charge in [0.1, 0.15) is 0 Å². The van der Waals surface area contributed by atoms with Crippen molar-refractivity contribution in [1.82, 2.24) is 9.47 Å². The highest BCUT2D eigenvalue weighted by molar-refractivity contribution is 9.11. The zero-order valence-electron chi connectivity index (χ0n) is 11.1. The average molecular weight is 394 g/mol. The highest BCUT2D eigenvalue weighted by Crippen LogP contribution is 2.15. The molecule has 4 nitrogen and oxygen atoms in total. The highest BCUT2D eigenvalue weighted by atomic mass is 79.9. The van der Waals surface area contributed by atoms with Crippen molar-refractivity contribution in [3.63, 3.8) is 0 Å². The van der Waals surface area contributed by atoms with Crippen LogP contribution in [0.3, 0.4) is 0 Å². The first-order valence-electron chi connectivity index (χ1n) is 6.38. The molecule has 0 radical (unpaired) electrons. The summed E-state index contributed by atoms with van der Waals surface area (Å²) in [5, 5.41) is 0. The minimum absolute atomic E-state index is 0.0199. The first-order valence-corrected chi connectivity index (χ1v) is 7.97. The summed E-state index contributed by atoms with van der Waals surface area (Å²) in [6, 6.07) is 2.28. The van der Waals surface area contributed by atoms with E-state index in [-0.39, 0.29) is 11.7 Å². The van der Waals surface area contributed by atoms with Crippen LogP contribution in [-0.4, -0.2) is 41.3 Å². The maximum atomic E-state index is 12.0. The molecule has 0 spiro atoms. The Morgan fingerprint density at radius 1 is 1.47 bits per heavy atom. The molecule has 2 heterocycles. The third-order valence-corrected chi connectivity index (χ3v) is 4.31. The van der Waals surface area contributed by atoms with Gasteiger partial charge in [0.2, 0.25) is 0 Å². The molecule has 1 fully saturated rings. The molecule has 1 aromatic rings. The molecule has 0 amide bonds. The van der Waals surface area contributed by atoms with Crippen molar-refractivity contribution < 1.29 is 4.74 Å². The molecule has 106 valence electrons. The SMILES string of the molecule is CC(C)N1CCOC(Cn2cc(Br)cc(Br)c2=O)C1. The van der Waals surface area contributed by atoms with Gasteiger partial charge in [-0.3, -0.25) is 9.69 Å². The van der Waals surface area contributed by atoms with Gasteiger partial charge in [-0.25, -0.2) is 0 Å². The molecule has 1 unspecified atom stereocenters. The molecule has 6 heteroatoms. The smallest absolute Gasteiger partial charge is 0.264 e. The molecule has 0 bridgehead atoms. The topological polar surface area (TPSA) is 34.5 Å². The lowest BCUT2D eigenvalue weighted by Gasteiger charge is -2.35. The number of hydrogen-bond acceptors (Lipinski definition) is 3. The van der Waals surface area contributed by atoms with Crippen LogP contribution in [0.5, 0.6) is 0 Å². The molecule has 1 atom stereocenters. The van der Waals surface area contributed by atoms with Gasteiger partial charge < -0.3 is 9.30 Å². The predicted octanol–water partition coefficient (Wildman–Crippen LogP) is 2.48. The molecule has 1 aliphatic rings. The van der Waals surface area contributed by atoms with Crippen molar-refractivity contribution in [3.8, 4) is 0 Å². The molecule has 0 N–H and O–H groups in total. The Balaban J connectivity index is 2.11. The van der Waals surface area contributed by atoms with Crippen LogP contribution in [0, 0.1) is 0 Å². The Hall–Kier alpha value is -0.170. The molecular weight excluding hydrogens is 376 g/mol. The number of aromatic nitrogens is 1. The van der Waals surface area contributed by atoms with Gasteiger partial charge in [-0.1, -0.05) is 0 Å². The van der Waals surface area contributed by atoms with Crippen molar-refractivity contribution in [2.45, 2.75) is 32.5 Å². The fourth-order valence-corrected chi connectivity index (χ4v) is 3.50. The first kappa shape index (κ1) is 15.2. The molecule has 0 aliphatic carbocycles. The highest BCUT2D eigenvalue weighted by Gasteiger charge is 2.23. The molecule has 1 saturated heterocycles. The van der Waals surface area contributed by atoms with Crippen LogP contribution in [-0.2, 0) is 11.3 Å². The normalized spacial score (nSPS) is 21.0. The quantitative estimate of drug-likeness (QED) is 0.791. The Kier molecular flexibility index (Phi) is 5.22. The molecular formula is C13H18Br2N2O2. The second kappa shape index (κ2) is 6.52. The van der Waals surface area contributed by atoms with Gasteiger partial charge in [0.05, 0.1) is 23.7 Å². The van der Waals surface area contributed by atoms with Crippen molar-refractivity contribution >= 4 is 31.9 Å². The summed E-state index contributed by atoms with van der Waals surface area (Å²) >= 11 is 6.69. The maximum Gasteiger partial charge on any atom is 0.264 e. The number of ether oxygens (including phenoxy) is 1. The zero-order chi connectivity index (χ0) is 14.0. The summed E-state index contributed by atoms with van der Waals surface area (Å²) in [7, 11) is 0. The van der Waals surface area contributed by atoms with E-state index >= 15 is 0 Å². The Bertz CT molecular complexity index is 502. The van der Waals surface area contributed by atoms with Crippen molar-refractivity contribution in [3.05, 3.63) is 31.6 Å². The van der Waals surface area contributed by atoms with Gasteiger partial charge in [0.15, 0.2) is 0 Å². The Morgan fingerprint density at radius 3 is 2.89 bits per heavy atom. The minimum atomic E-state index is -0.0199. The van der Waals surface area contributed by atoms with E-state index in [0.717, 1.165) is 24.2 Å². The number of nitrogens with zero attached hydrogens (tertiary/aromatic N) is 2. The van der Waals surface area contributed by atoms with E-state index in [4.69, 9.17) is 4.74 Å². The Labute approximate surface area is 130 Å². The van der Waals surface area contributed by atoms with Crippen molar-refractivity contribution in [2.75, 3.05) is 19.7 Å².